The van der Waals surface area contributed by atoms with Gasteiger partial charge in [-0.1, -0.05) is 6.92 Å². The minimum Gasteiger partial charge on any atom is -0.394 e. The number of carbonyl (C=O) groups is 2. The van der Waals surface area contributed by atoms with Gasteiger partial charge in [-0.15, -0.1) is 0 Å². The summed E-state index contributed by atoms with van der Waals surface area (Å²) in [6.07, 6.45) is -6.20. The van der Waals surface area contributed by atoms with Crippen LogP contribution in [0, 0.1) is 5.92 Å². The summed E-state index contributed by atoms with van der Waals surface area (Å²) in [6.45, 7) is 0.624. The molecule has 0 aromatic rings. The Hall–Kier alpha value is -1.26. The molecule has 5 unspecified atom stereocenters. The molecule has 9 nitrogen and oxygen atoms in total. The van der Waals surface area contributed by atoms with E-state index >= 15 is 0 Å². The second-order valence-electron chi connectivity index (χ2n) is 5.03. The molecule has 0 bridgehead atoms. The topological polar surface area (TPSA) is 159 Å². The zero-order valence-electron chi connectivity index (χ0n) is 12.8. The van der Waals surface area contributed by atoms with E-state index < -0.39 is 42.8 Å². The molecule has 7 N–H and O–H groups in total. The highest BCUT2D eigenvalue weighted by Gasteiger charge is 2.30. The van der Waals surface area contributed by atoms with Crippen molar-refractivity contribution >= 4 is 11.8 Å². The van der Waals surface area contributed by atoms with Crippen molar-refractivity contribution in [2.24, 2.45) is 5.92 Å². The van der Waals surface area contributed by atoms with E-state index in [9.17, 15) is 24.9 Å². The maximum atomic E-state index is 11.7. The van der Waals surface area contributed by atoms with Crippen molar-refractivity contribution in [3.63, 3.8) is 0 Å². The van der Waals surface area contributed by atoms with Gasteiger partial charge >= 0.3 is 0 Å². The zero-order valence-corrected chi connectivity index (χ0v) is 12.8. The maximum Gasteiger partial charge on any atom is 0.223 e. The summed E-state index contributed by atoms with van der Waals surface area (Å²) in [7, 11) is 1.47. The van der Waals surface area contributed by atoms with Gasteiger partial charge < -0.3 is 36.2 Å². The van der Waals surface area contributed by atoms with Gasteiger partial charge in [-0.25, -0.2) is 0 Å². The number of hydrogen-bond donors (Lipinski definition) is 7. The number of carbonyl (C=O) groups excluding carboxylic acids is 2. The molecular weight excluding hydrogens is 296 g/mol. The van der Waals surface area contributed by atoms with Crippen LogP contribution in [0.3, 0.4) is 0 Å². The average Bonchev–Trinajstić information content (AvgIpc) is 2.54. The van der Waals surface area contributed by atoms with E-state index in [4.69, 9.17) is 10.2 Å². The van der Waals surface area contributed by atoms with Gasteiger partial charge in [0.2, 0.25) is 11.8 Å². The van der Waals surface area contributed by atoms with Crippen LogP contribution < -0.4 is 10.6 Å². The largest absolute Gasteiger partial charge is 0.394 e. The van der Waals surface area contributed by atoms with Crippen LogP contribution in [-0.2, 0) is 9.59 Å². The molecule has 5 atom stereocenters. The Morgan fingerprint density at radius 2 is 1.59 bits per heavy atom. The highest BCUT2D eigenvalue weighted by molar-refractivity contribution is 5.85. The Morgan fingerprint density at radius 1 is 1.05 bits per heavy atom. The Labute approximate surface area is 129 Å². The van der Waals surface area contributed by atoms with Gasteiger partial charge in [0.1, 0.15) is 18.3 Å². The normalized spacial score (nSPS) is 18.0. The molecule has 0 heterocycles. The molecule has 0 radical (unpaired) electrons. The fraction of sp³-hybridized carbons (Fsp3) is 0.846. The molecule has 0 saturated carbocycles. The van der Waals surface area contributed by atoms with Crippen LogP contribution in [0.15, 0.2) is 0 Å². The van der Waals surface area contributed by atoms with Crippen LogP contribution in [0.2, 0.25) is 0 Å². The highest BCUT2D eigenvalue weighted by Crippen LogP contribution is 2.08. The number of hydrogen-bond acceptors (Lipinski definition) is 7. The molecule has 0 saturated heterocycles. The number of amides is 2. The molecule has 0 rings (SSSR count). The first-order valence-electron chi connectivity index (χ1n) is 7.09. The second kappa shape index (κ2) is 10.5. The predicted octanol–water partition coefficient (Wildman–Crippen LogP) is -3.30. The lowest BCUT2D eigenvalue weighted by atomic mass is 10.0. The molecule has 0 aliphatic carbocycles. The lowest BCUT2D eigenvalue weighted by Crippen LogP contribution is -2.49. The van der Waals surface area contributed by atoms with Gasteiger partial charge in [0.05, 0.1) is 12.7 Å². The highest BCUT2D eigenvalue weighted by atomic mass is 16.4. The van der Waals surface area contributed by atoms with Crippen LogP contribution >= 0.6 is 0 Å². The van der Waals surface area contributed by atoms with Crippen LogP contribution in [0.5, 0.6) is 0 Å². The van der Waals surface area contributed by atoms with Crippen LogP contribution in [0.4, 0.5) is 0 Å². The van der Waals surface area contributed by atoms with Crippen molar-refractivity contribution in [3.05, 3.63) is 0 Å². The summed E-state index contributed by atoms with van der Waals surface area (Å²) in [5.74, 6) is -1.24. The van der Waals surface area contributed by atoms with Gasteiger partial charge in [-0.3, -0.25) is 9.59 Å². The second-order valence-corrected chi connectivity index (χ2v) is 5.03. The summed E-state index contributed by atoms with van der Waals surface area (Å²) in [5, 5.41) is 51.2. The van der Waals surface area contributed by atoms with Gasteiger partial charge in [-0.2, -0.15) is 0 Å². The van der Waals surface area contributed by atoms with E-state index in [1.165, 1.54) is 7.05 Å². The Kier molecular flexibility index (Phi) is 9.86. The van der Waals surface area contributed by atoms with Crippen LogP contribution in [0.1, 0.15) is 19.8 Å². The average molecular weight is 322 g/mol. The van der Waals surface area contributed by atoms with E-state index in [0.717, 1.165) is 0 Å². The molecule has 0 fully saturated rings. The van der Waals surface area contributed by atoms with Crippen molar-refractivity contribution < 1.29 is 35.1 Å². The van der Waals surface area contributed by atoms with Crippen molar-refractivity contribution in [1.82, 2.24) is 10.6 Å². The molecule has 0 aliphatic rings. The van der Waals surface area contributed by atoms with E-state index in [0.29, 0.717) is 6.42 Å². The zero-order chi connectivity index (χ0) is 17.3. The molecule has 2 amide bonds. The Balaban J connectivity index is 4.31. The minimum absolute atomic E-state index is 0.0686. The lowest BCUT2D eigenvalue weighted by molar-refractivity contribution is -0.131. The van der Waals surface area contributed by atoms with Gasteiger partial charge in [0, 0.05) is 25.9 Å². The Bertz CT molecular complexity index is 353. The van der Waals surface area contributed by atoms with Gasteiger partial charge in [-0.05, 0) is 6.42 Å². The third kappa shape index (κ3) is 6.67. The third-order valence-corrected chi connectivity index (χ3v) is 3.38. The van der Waals surface area contributed by atoms with Gasteiger partial charge in [0.15, 0.2) is 0 Å². The molecule has 0 spiro atoms. The standard InChI is InChI=1S/C13H26N2O7/c1-3-7(13(22)14-2)4-10(19)15-5-8(17)11(20)12(21)9(18)6-16/h7-9,11-12,16-18,20-21H,3-6H2,1-2H3,(H,14,22)(H,15,19). The van der Waals surface area contributed by atoms with E-state index in [1.54, 1.807) is 6.92 Å². The van der Waals surface area contributed by atoms with Crippen molar-refractivity contribution in [2.45, 2.75) is 44.2 Å². The van der Waals surface area contributed by atoms with Crippen LogP contribution in [-0.4, -0.2) is 82.0 Å². The monoisotopic (exact) mass is 322 g/mol. The minimum atomic E-state index is -1.74. The van der Waals surface area contributed by atoms with Crippen molar-refractivity contribution in [2.75, 3.05) is 20.2 Å². The molecule has 0 aromatic carbocycles. The van der Waals surface area contributed by atoms with Gasteiger partial charge in [0.25, 0.3) is 0 Å². The summed E-state index contributed by atoms with van der Waals surface area (Å²) in [4.78, 5) is 23.1. The third-order valence-electron chi connectivity index (χ3n) is 3.38. The van der Waals surface area contributed by atoms with E-state index in [1.807, 2.05) is 0 Å². The first kappa shape index (κ1) is 20.7. The Morgan fingerprint density at radius 3 is 2.05 bits per heavy atom. The molecule has 0 aliphatic heterocycles. The quantitative estimate of drug-likeness (QED) is 0.222. The summed E-state index contributed by atoms with van der Waals surface area (Å²) >= 11 is 0. The number of nitrogens with one attached hydrogen (secondary N) is 2. The molecule has 130 valence electrons. The van der Waals surface area contributed by atoms with E-state index in [-0.39, 0.29) is 18.9 Å². The lowest BCUT2D eigenvalue weighted by Gasteiger charge is -2.25. The molecular formula is C13H26N2O7. The first-order chi connectivity index (χ1) is 10.3. The maximum absolute atomic E-state index is 11.7. The first-order valence-corrected chi connectivity index (χ1v) is 7.09. The van der Waals surface area contributed by atoms with Crippen molar-refractivity contribution in [1.29, 1.82) is 0 Å². The summed E-state index contributed by atoms with van der Waals surface area (Å²) in [5.41, 5.74) is 0. The van der Waals surface area contributed by atoms with E-state index in [2.05, 4.69) is 10.6 Å². The number of aliphatic hydroxyl groups is 5. The molecule has 9 heteroatoms. The summed E-state index contributed by atoms with van der Waals surface area (Å²) in [6, 6.07) is 0. The van der Waals surface area contributed by atoms with Crippen LogP contribution in [0.25, 0.3) is 0 Å². The smallest absolute Gasteiger partial charge is 0.223 e. The SMILES string of the molecule is CCC(CC(=O)NCC(O)C(O)C(O)C(O)CO)C(=O)NC. The number of rotatable bonds is 10. The number of aliphatic hydroxyl groups excluding tert-OH is 5. The molecule has 0 aromatic heterocycles. The van der Waals surface area contributed by atoms with Crippen molar-refractivity contribution in [3.8, 4) is 0 Å². The molecule has 22 heavy (non-hydrogen) atoms. The fourth-order valence-corrected chi connectivity index (χ4v) is 1.82. The predicted molar refractivity (Wildman–Crippen MR) is 76.6 cm³/mol. The summed E-state index contributed by atoms with van der Waals surface area (Å²) < 4.78 is 0. The fourth-order valence-electron chi connectivity index (χ4n) is 1.82.